The Labute approximate surface area is 126 Å². The molecule has 0 spiro atoms. The topological polar surface area (TPSA) is 54.7 Å². The maximum atomic E-state index is 11.3. The SMILES string of the molecule is COC(=O)c1coc(CNCCCN2CCCCC2C)c1. The maximum Gasteiger partial charge on any atom is 0.341 e. The van der Waals surface area contributed by atoms with Gasteiger partial charge in [0, 0.05) is 6.04 Å². The summed E-state index contributed by atoms with van der Waals surface area (Å²) >= 11 is 0. The highest BCUT2D eigenvalue weighted by atomic mass is 16.5. The Balaban J connectivity index is 1.61. The van der Waals surface area contributed by atoms with Gasteiger partial charge in [-0.3, -0.25) is 0 Å². The quantitative estimate of drug-likeness (QED) is 0.618. The highest BCUT2D eigenvalue weighted by molar-refractivity contribution is 5.88. The van der Waals surface area contributed by atoms with E-state index in [2.05, 4.69) is 21.9 Å². The van der Waals surface area contributed by atoms with Crippen LogP contribution in [0, 0.1) is 0 Å². The van der Waals surface area contributed by atoms with Gasteiger partial charge in [0.1, 0.15) is 12.0 Å². The van der Waals surface area contributed by atoms with E-state index in [9.17, 15) is 4.79 Å². The van der Waals surface area contributed by atoms with E-state index in [0.29, 0.717) is 12.1 Å². The first-order valence-corrected chi connectivity index (χ1v) is 7.81. The van der Waals surface area contributed by atoms with E-state index < -0.39 is 0 Å². The predicted octanol–water partition coefficient (Wildman–Crippen LogP) is 2.42. The van der Waals surface area contributed by atoms with Crippen LogP contribution in [0.2, 0.25) is 0 Å². The molecule has 2 rings (SSSR count). The van der Waals surface area contributed by atoms with Gasteiger partial charge in [0.15, 0.2) is 0 Å². The van der Waals surface area contributed by atoms with Gasteiger partial charge in [0.2, 0.25) is 0 Å². The minimum Gasteiger partial charge on any atom is -0.467 e. The smallest absolute Gasteiger partial charge is 0.341 e. The minimum atomic E-state index is -0.357. The van der Waals surface area contributed by atoms with Crippen LogP contribution >= 0.6 is 0 Å². The van der Waals surface area contributed by atoms with E-state index in [1.54, 1.807) is 6.07 Å². The maximum absolute atomic E-state index is 11.3. The molecule has 5 nitrogen and oxygen atoms in total. The molecule has 0 radical (unpaired) electrons. The second-order valence-corrected chi connectivity index (χ2v) is 5.70. The summed E-state index contributed by atoms with van der Waals surface area (Å²) in [4.78, 5) is 13.9. The van der Waals surface area contributed by atoms with Gasteiger partial charge in [-0.25, -0.2) is 4.79 Å². The van der Waals surface area contributed by atoms with Crippen LogP contribution in [0.15, 0.2) is 16.7 Å². The number of nitrogens with one attached hydrogen (secondary N) is 1. The van der Waals surface area contributed by atoms with Crippen molar-refractivity contribution < 1.29 is 13.9 Å². The average Bonchev–Trinajstić information content (AvgIpc) is 2.97. The zero-order chi connectivity index (χ0) is 15.1. The van der Waals surface area contributed by atoms with Gasteiger partial charge < -0.3 is 19.4 Å². The van der Waals surface area contributed by atoms with Gasteiger partial charge in [0.05, 0.1) is 19.2 Å². The lowest BCUT2D eigenvalue weighted by Gasteiger charge is -2.33. The second-order valence-electron chi connectivity index (χ2n) is 5.70. The molecule has 0 aromatic carbocycles. The van der Waals surface area contributed by atoms with Crippen LogP contribution in [0.1, 0.15) is 48.7 Å². The van der Waals surface area contributed by atoms with Crippen molar-refractivity contribution >= 4 is 5.97 Å². The number of carbonyl (C=O) groups is 1. The van der Waals surface area contributed by atoms with Gasteiger partial charge in [-0.05, 0) is 51.9 Å². The first-order valence-electron chi connectivity index (χ1n) is 7.81. The number of methoxy groups -OCH3 is 1. The molecule has 1 aliphatic heterocycles. The van der Waals surface area contributed by atoms with Crippen LogP contribution in [-0.2, 0) is 11.3 Å². The Morgan fingerprint density at radius 3 is 3.14 bits per heavy atom. The van der Waals surface area contributed by atoms with E-state index in [-0.39, 0.29) is 5.97 Å². The molecule has 1 aromatic heterocycles. The molecular weight excluding hydrogens is 268 g/mol. The molecule has 1 unspecified atom stereocenters. The molecule has 1 N–H and O–H groups in total. The second kappa shape index (κ2) is 8.20. The number of hydrogen-bond acceptors (Lipinski definition) is 5. The molecule has 1 aromatic rings. The molecule has 0 bridgehead atoms. The molecule has 1 atom stereocenters. The summed E-state index contributed by atoms with van der Waals surface area (Å²) in [6, 6.07) is 2.46. The molecule has 5 heteroatoms. The number of hydrogen-bond donors (Lipinski definition) is 1. The fourth-order valence-corrected chi connectivity index (χ4v) is 2.81. The van der Waals surface area contributed by atoms with E-state index in [4.69, 9.17) is 4.42 Å². The van der Waals surface area contributed by atoms with Gasteiger partial charge >= 0.3 is 5.97 Å². The third-order valence-corrected chi connectivity index (χ3v) is 4.11. The van der Waals surface area contributed by atoms with E-state index >= 15 is 0 Å². The lowest BCUT2D eigenvalue weighted by atomic mass is 10.0. The number of rotatable bonds is 7. The first-order chi connectivity index (χ1) is 10.2. The van der Waals surface area contributed by atoms with Gasteiger partial charge in [0.25, 0.3) is 0 Å². The Morgan fingerprint density at radius 1 is 1.52 bits per heavy atom. The van der Waals surface area contributed by atoms with Crippen LogP contribution in [0.5, 0.6) is 0 Å². The van der Waals surface area contributed by atoms with Gasteiger partial charge in [-0.15, -0.1) is 0 Å². The van der Waals surface area contributed by atoms with Crippen molar-refractivity contribution in [1.29, 1.82) is 0 Å². The van der Waals surface area contributed by atoms with Crippen LogP contribution in [-0.4, -0.2) is 43.7 Å². The number of ether oxygens (including phenoxy) is 1. The zero-order valence-electron chi connectivity index (χ0n) is 13.1. The summed E-state index contributed by atoms with van der Waals surface area (Å²) in [5.74, 6) is 0.408. The summed E-state index contributed by atoms with van der Waals surface area (Å²) in [6.45, 7) is 6.31. The number of furan rings is 1. The van der Waals surface area contributed by atoms with Crippen LogP contribution in [0.3, 0.4) is 0 Å². The summed E-state index contributed by atoms with van der Waals surface area (Å²) in [5.41, 5.74) is 0.469. The molecule has 0 aliphatic carbocycles. The zero-order valence-corrected chi connectivity index (χ0v) is 13.1. The lowest BCUT2D eigenvalue weighted by molar-refractivity contribution is 0.0600. The summed E-state index contributed by atoms with van der Waals surface area (Å²) in [7, 11) is 1.37. The van der Waals surface area contributed by atoms with Crippen molar-refractivity contribution in [2.24, 2.45) is 0 Å². The molecule has 118 valence electrons. The molecule has 1 fully saturated rings. The summed E-state index contributed by atoms with van der Waals surface area (Å²) in [5, 5.41) is 3.35. The summed E-state index contributed by atoms with van der Waals surface area (Å²) in [6.07, 6.45) is 6.61. The Bertz CT molecular complexity index is 444. The normalized spacial score (nSPS) is 19.6. The molecule has 0 saturated carbocycles. The van der Waals surface area contributed by atoms with Gasteiger partial charge in [-0.1, -0.05) is 6.42 Å². The highest BCUT2D eigenvalue weighted by Gasteiger charge is 2.17. The van der Waals surface area contributed by atoms with Crippen molar-refractivity contribution in [1.82, 2.24) is 10.2 Å². The van der Waals surface area contributed by atoms with Crippen molar-refractivity contribution in [3.63, 3.8) is 0 Å². The Hall–Kier alpha value is -1.33. The fourth-order valence-electron chi connectivity index (χ4n) is 2.81. The number of nitrogens with zero attached hydrogens (tertiary/aromatic N) is 1. The largest absolute Gasteiger partial charge is 0.467 e. The molecule has 21 heavy (non-hydrogen) atoms. The minimum absolute atomic E-state index is 0.357. The fraction of sp³-hybridized carbons (Fsp3) is 0.688. The molecule has 0 amide bonds. The van der Waals surface area contributed by atoms with Crippen LogP contribution < -0.4 is 5.32 Å². The molecule has 1 aliphatic rings. The highest BCUT2D eigenvalue weighted by Crippen LogP contribution is 2.16. The summed E-state index contributed by atoms with van der Waals surface area (Å²) < 4.78 is 9.97. The average molecular weight is 294 g/mol. The number of likely N-dealkylation sites (tertiary alicyclic amines) is 1. The van der Waals surface area contributed by atoms with Crippen LogP contribution in [0.25, 0.3) is 0 Å². The molecular formula is C16H26N2O3. The predicted molar refractivity (Wildman–Crippen MR) is 81.3 cm³/mol. The van der Waals surface area contributed by atoms with Crippen molar-refractivity contribution in [2.75, 3.05) is 26.7 Å². The number of piperidine rings is 1. The molecule has 2 heterocycles. The number of esters is 1. The van der Waals surface area contributed by atoms with E-state index in [1.165, 1.54) is 39.2 Å². The Morgan fingerprint density at radius 2 is 2.38 bits per heavy atom. The van der Waals surface area contributed by atoms with Crippen molar-refractivity contribution in [3.05, 3.63) is 23.7 Å². The van der Waals surface area contributed by atoms with Gasteiger partial charge in [-0.2, -0.15) is 0 Å². The third-order valence-electron chi connectivity index (χ3n) is 4.11. The number of carbonyl (C=O) groups excluding carboxylic acids is 1. The lowest BCUT2D eigenvalue weighted by Crippen LogP contribution is -2.38. The van der Waals surface area contributed by atoms with Crippen LogP contribution in [0.4, 0.5) is 0 Å². The van der Waals surface area contributed by atoms with E-state index in [1.807, 2.05) is 0 Å². The Kier molecular flexibility index (Phi) is 6.26. The first kappa shape index (κ1) is 16.0. The standard InChI is InChI=1S/C16H26N2O3/c1-13-6-3-4-8-18(13)9-5-7-17-11-15-10-14(12-21-15)16(19)20-2/h10,12-13,17H,3-9,11H2,1-2H3. The van der Waals surface area contributed by atoms with Crippen molar-refractivity contribution in [3.8, 4) is 0 Å². The van der Waals surface area contributed by atoms with Crippen molar-refractivity contribution in [2.45, 2.75) is 45.2 Å². The van der Waals surface area contributed by atoms with E-state index in [0.717, 1.165) is 31.3 Å². The third kappa shape index (κ3) is 4.86. The molecule has 1 saturated heterocycles. The monoisotopic (exact) mass is 294 g/mol.